The van der Waals surface area contributed by atoms with E-state index in [9.17, 15) is 0 Å². The average Bonchev–Trinajstić information content (AvgIpc) is 2.33. The van der Waals surface area contributed by atoms with E-state index in [1.165, 1.54) is 5.56 Å². The Morgan fingerprint density at radius 1 is 1.25 bits per heavy atom. The van der Waals surface area contributed by atoms with E-state index in [1.807, 2.05) is 6.07 Å². The van der Waals surface area contributed by atoms with Crippen LogP contribution in [0.15, 0.2) is 24.3 Å². The van der Waals surface area contributed by atoms with Crippen LogP contribution in [0.3, 0.4) is 0 Å². The summed E-state index contributed by atoms with van der Waals surface area (Å²) < 4.78 is 5.62. The first-order chi connectivity index (χ1) is 7.77. The Kier molecular flexibility index (Phi) is 5.94. The molecular weight excluding hydrogens is 198 g/mol. The lowest BCUT2D eigenvalue weighted by Crippen LogP contribution is -2.19. The predicted molar refractivity (Wildman–Crippen MR) is 68.9 cm³/mol. The van der Waals surface area contributed by atoms with Gasteiger partial charge in [0, 0.05) is 6.04 Å². The summed E-state index contributed by atoms with van der Waals surface area (Å²) in [7, 11) is 0. The maximum absolute atomic E-state index is 5.62. The highest BCUT2D eigenvalue weighted by Crippen LogP contribution is 2.19. The molecule has 0 amide bonds. The van der Waals surface area contributed by atoms with Crippen LogP contribution >= 0.6 is 0 Å². The highest BCUT2D eigenvalue weighted by Gasteiger charge is 2.04. The van der Waals surface area contributed by atoms with Crippen molar-refractivity contribution in [3.05, 3.63) is 29.8 Å². The summed E-state index contributed by atoms with van der Waals surface area (Å²) in [5, 5.41) is 3.48. The standard InChI is InChI=1S/C14H23NO/c1-4-9-15-12(3)13-7-6-8-14(11-13)16-10-5-2/h6-8,11-12,15H,4-5,9-10H2,1-3H3. The van der Waals surface area contributed by atoms with Crippen molar-refractivity contribution in [2.75, 3.05) is 13.2 Å². The van der Waals surface area contributed by atoms with Gasteiger partial charge in [-0.3, -0.25) is 0 Å². The zero-order valence-corrected chi connectivity index (χ0v) is 10.6. The highest BCUT2D eigenvalue weighted by molar-refractivity contribution is 5.30. The minimum absolute atomic E-state index is 0.394. The van der Waals surface area contributed by atoms with Crippen molar-refractivity contribution in [3.63, 3.8) is 0 Å². The van der Waals surface area contributed by atoms with Gasteiger partial charge in [-0.15, -0.1) is 0 Å². The smallest absolute Gasteiger partial charge is 0.119 e. The monoisotopic (exact) mass is 221 g/mol. The lowest BCUT2D eigenvalue weighted by Gasteiger charge is -2.14. The molecule has 0 bridgehead atoms. The molecule has 2 nitrogen and oxygen atoms in total. The molecule has 0 aromatic heterocycles. The zero-order chi connectivity index (χ0) is 11.8. The van der Waals surface area contributed by atoms with E-state index in [2.05, 4.69) is 44.3 Å². The maximum atomic E-state index is 5.62. The molecule has 0 aliphatic carbocycles. The fourth-order valence-electron chi connectivity index (χ4n) is 1.57. The van der Waals surface area contributed by atoms with Crippen LogP contribution in [0.1, 0.15) is 45.2 Å². The first kappa shape index (κ1) is 13.0. The van der Waals surface area contributed by atoms with Crippen LogP contribution in [0.4, 0.5) is 0 Å². The summed E-state index contributed by atoms with van der Waals surface area (Å²) in [6.07, 6.45) is 2.21. The molecule has 0 radical (unpaired) electrons. The summed E-state index contributed by atoms with van der Waals surface area (Å²) in [5.74, 6) is 0.976. The van der Waals surface area contributed by atoms with Crippen molar-refractivity contribution in [1.29, 1.82) is 0 Å². The molecule has 0 spiro atoms. The predicted octanol–water partition coefficient (Wildman–Crippen LogP) is 3.54. The third-order valence-corrected chi connectivity index (χ3v) is 2.53. The van der Waals surface area contributed by atoms with E-state index in [0.29, 0.717) is 6.04 Å². The average molecular weight is 221 g/mol. The molecule has 1 aromatic rings. The summed E-state index contributed by atoms with van der Waals surface area (Å²) in [6, 6.07) is 8.75. The van der Waals surface area contributed by atoms with E-state index in [0.717, 1.165) is 31.7 Å². The van der Waals surface area contributed by atoms with Crippen LogP contribution in [0.5, 0.6) is 5.75 Å². The van der Waals surface area contributed by atoms with Gasteiger partial charge in [0.05, 0.1) is 6.61 Å². The van der Waals surface area contributed by atoms with Gasteiger partial charge in [-0.1, -0.05) is 26.0 Å². The van der Waals surface area contributed by atoms with Gasteiger partial charge in [0.1, 0.15) is 5.75 Å². The zero-order valence-electron chi connectivity index (χ0n) is 10.6. The summed E-state index contributed by atoms with van der Waals surface area (Å²) in [6.45, 7) is 8.34. The Labute approximate surface area is 99.0 Å². The van der Waals surface area contributed by atoms with Gasteiger partial charge in [-0.25, -0.2) is 0 Å². The third kappa shape index (κ3) is 4.23. The van der Waals surface area contributed by atoms with Crippen LogP contribution in [0, 0.1) is 0 Å². The Hall–Kier alpha value is -1.02. The van der Waals surface area contributed by atoms with Crippen molar-refractivity contribution in [3.8, 4) is 5.75 Å². The topological polar surface area (TPSA) is 21.3 Å². The van der Waals surface area contributed by atoms with E-state index in [1.54, 1.807) is 0 Å². The van der Waals surface area contributed by atoms with Gasteiger partial charge in [0.2, 0.25) is 0 Å². The molecule has 0 fully saturated rings. The van der Waals surface area contributed by atoms with E-state index >= 15 is 0 Å². The molecule has 1 rings (SSSR count). The molecule has 1 unspecified atom stereocenters. The van der Waals surface area contributed by atoms with Crippen LogP contribution < -0.4 is 10.1 Å². The lowest BCUT2D eigenvalue weighted by atomic mass is 10.1. The number of ether oxygens (including phenoxy) is 1. The van der Waals surface area contributed by atoms with Crippen molar-refractivity contribution in [1.82, 2.24) is 5.32 Å². The van der Waals surface area contributed by atoms with Crippen molar-refractivity contribution in [2.45, 2.75) is 39.7 Å². The van der Waals surface area contributed by atoms with Gasteiger partial charge in [-0.2, -0.15) is 0 Å². The van der Waals surface area contributed by atoms with Crippen LogP contribution in [-0.4, -0.2) is 13.2 Å². The SMILES string of the molecule is CCCNC(C)c1cccc(OCCC)c1. The van der Waals surface area contributed by atoms with Gasteiger partial charge in [0.25, 0.3) is 0 Å². The number of hydrogen-bond acceptors (Lipinski definition) is 2. The van der Waals surface area contributed by atoms with Crippen molar-refractivity contribution < 1.29 is 4.74 Å². The van der Waals surface area contributed by atoms with Crippen molar-refractivity contribution in [2.24, 2.45) is 0 Å². The Bertz CT molecular complexity index is 299. The lowest BCUT2D eigenvalue weighted by molar-refractivity contribution is 0.317. The fraction of sp³-hybridized carbons (Fsp3) is 0.571. The molecule has 1 N–H and O–H groups in total. The summed E-state index contributed by atoms with van der Waals surface area (Å²) in [4.78, 5) is 0. The Morgan fingerprint density at radius 2 is 2.06 bits per heavy atom. The fourth-order valence-corrected chi connectivity index (χ4v) is 1.57. The summed E-state index contributed by atoms with van der Waals surface area (Å²) in [5.41, 5.74) is 1.29. The molecule has 1 aromatic carbocycles. The number of hydrogen-bond donors (Lipinski definition) is 1. The number of benzene rings is 1. The molecule has 90 valence electrons. The summed E-state index contributed by atoms with van der Waals surface area (Å²) >= 11 is 0. The molecule has 2 heteroatoms. The van der Waals surface area contributed by atoms with Gasteiger partial charge < -0.3 is 10.1 Å². The molecule has 0 saturated heterocycles. The van der Waals surface area contributed by atoms with Crippen molar-refractivity contribution >= 4 is 0 Å². The molecule has 0 heterocycles. The third-order valence-electron chi connectivity index (χ3n) is 2.53. The molecule has 0 aliphatic heterocycles. The van der Waals surface area contributed by atoms with E-state index in [4.69, 9.17) is 4.74 Å². The minimum atomic E-state index is 0.394. The van der Waals surface area contributed by atoms with Gasteiger partial charge >= 0.3 is 0 Å². The second-order valence-corrected chi connectivity index (χ2v) is 4.10. The largest absolute Gasteiger partial charge is 0.494 e. The van der Waals surface area contributed by atoms with Crippen LogP contribution in [0.2, 0.25) is 0 Å². The van der Waals surface area contributed by atoms with Crippen LogP contribution in [-0.2, 0) is 0 Å². The normalized spacial score (nSPS) is 12.4. The van der Waals surface area contributed by atoms with Gasteiger partial charge in [0.15, 0.2) is 0 Å². The molecule has 0 saturated carbocycles. The quantitative estimate of drug-likeness (QED) is 0.760. The molecule has 16 heavy (non-hydrogen) atoms. The number of rotatable bonds is 7. The van der Waals surface area contributed by atoms with E-state index < -0.39 is 0 Å². The first-order valence-electron chi connectivity index (χ1n) is 6.24. The first-order valence-corrected chi connectivity index (χ1v) is 6.24. The Morgan fingerprint density at radius 3 is 2.75 bits per heavy atom. The second kappa shape index (κ2) is 7.29. The van der Waals surface area contributed by atoms with E-state index in [-0.39, 0.29) is 0 Å². The number of nitrogens with one attached hydrogen (secondary N) is 1. The maximum Gasteiger partial charge on any atom is 0.119 e. The van der Waals surface area contributed by atoms with Gasteiger partial charge in [-0.05, 0) is 44.0 Å². The molecular formula is C14H23NO. The van der Waals surface area contributed by atoms with Crippen LogP contribution in [0.25, 0.3) is 0 Å². The molecule has 0 aliphatic rings. The minimum Gasteiger partial charge on any atom is -0.494 e. The highest BCUT2D eigenvalue weighted by atomic mass is 16.5. The Balaban J connectivity index is 2.58. The molecule has 1 atom stereocenters. The second-order valence-electron chi connectivity index (χ2n) is 4.10.